The first kappa shape index (κ1) is 13.8. The highest BCUT2D eigenvalue weighted by Crippen LogP contribution is 2.31. The minimum absolute atomic E-state index is 0.104. The predicted molar refractivity (Wildman–Crippen MR) is 72.7 cm³/mol. The average molecular weight is 284 g/mol. The molecule has 0 spiro atoms. The highest BCUT2D eigenvalue weighted by atomic mass is 35.5. The standard InChI is InChI=1S/C13H15ClFN3O/c1-7(2)6-18-11(12(16)17-13(18)19)9-5-8(14)3-4-10(9)15/h3-5,7,11H,6H2,1-2H3,(H2,16,17,19). The van der Waals surface area contributed by atoms with Crippen molar-refractivity contribution in [1.29, 1.82) is 0 Å². The van der Waals surface area contributed by atoms with Crippen LogP contribution in [-0.4, -0.2) is 23.3 Å². The summed E-state index contributed by atoms with van der Waals surface area (Å²) >= 11 is 5.88. The van der Waals surface area contributed by atoms with E-state index in [4.69, 9.17) is 17.3 Å². The van der Waals surface area contributed by atoms with E-state index in [0.29, 0.717) is 11.6 Å². The van der Waals surface area contributed by atoms with Crippen LogP contribution in [0.15, 0.2) is 23.2 Å². The monoisotopic (exact) mass is 283 g/mol. The minimum atomic E-state index is -0.673. The van der Waals surface area contributed by atoms with Crippen LogP contribution in [0, 0.1) is 11.7 Å². The maximum atomic E-state index is 13.9. The maximum absolute atomic E-state index is 13.9. The Morgan fingerprint density at radius 1 is 1.53 bits per heavy atom. The van der Waals surface area contributed by atoms with Gasteiger partial charge in [0.05, 0.1) is 0 Å². The summed E-state index contributed by atoms with van der Waals surface area (Å²) < 4.78 is 13.9. The van der Waals surface area contributed by atoms with Gasteiger partial charge < -0.3 is 10.6 Å². The van der Waals surface area contributed by atoms with E-state index in [1.165, 1.54) is 23.1 Å². The quantitative estimate of drug-likeness (QED) is 0.927. The zero-order valence-corrected chi connectivity index (χ0v) is 11.5. The summed E-state index contributed by atoms with van der Waals surface area (Å²) in [5, 5.41) is 0.396. The number of rotatable bonds is 3. The van der Waals surface area contributed by atoms with Crippen LogP contribution in [0.25, 0.3) is 0 Å². The molecule has 1 aromatic carbocycles. The highest BCUT2D eigenvalue weighted by Gasteiger charge is 2.36. The van der Waals surface area contributed by atoms with Crippen molar-refractivity contribution in [2.75, 3.05) is 6.54 Å². The van der Waals surface area contributed by atoms with Crippen molar-refractivity contribution in [3.05, 3.63) is 34.6 Å². The summed E-state index contributed by atoms with van der Waals surface area (Å²) in [6.07, 6.45) is 0. The summed E-state index contributed by atoms with van der Waals surface area (Å²) in [4.78, 5) is 17.0. The molecule has 4 nitrogen and oxygen atoms in total. The molecule has 1 atom stereocenters. The lowest BCUT2D eigenvalue weighted by atomic mass is 10.0. The van der Waals surface area contributed by atoms with Gasteiger partial charge in [-0.05, 0) is 24.1 Å². The fraction of sp³-hybridized carbons (Fsp3) is 0.385. The Kier molecular flexibility index (Phi) is 3.75. The lowest BCUT2D eigenvalue weighted by Gasteiger charge is -2.26. The molecule has 0 saturated heterocycles. The molecule has 0 fully saturated rings. The van der Waals surface area contributed by atoms with Crippen LogP contribution in [0.1, 0.15) is 25.5 Å². The number of hydrogen-bond donors (Lipinski definition) is 1. The zero-order chi connectivity index (χ0) is 14.2. The molecule has 0 radical (unpaired) electrons. The number of nitrogens with zero attached hydrogens (tertiary/aromatic N) is 2. The Hall–Kier alpha value is -1.62. The topological polar surface area (TPSA) is 58.7 Å². The summed E-state index contributed by atoms with van der Waals surface area (Å²) in [7, 11) is 0. The van der Waals surface area contributed by atoms with Gasteiger partial charge >= 0.3 is 6.03 Å². The maximum Gasteiger partial charge on any atom is 0.346 e. The van der Waals surface area contributed by atoms with Crippen molar-refractivity contribution in [1.82, 2.24) is 4.90 Å². The van der Waals surface area contributed by atoms with Gasteiger partial charge in [0.2, 0.25) is 0 Å². The summed E-state index contributed by atoms with van der Waals surface area (Å²) in [6, 6.07) is 3.10. The molecule has 1 aliphatic heterocycles. The van der Waals surface area contributed by atoms with Crippen molar-refractivity contribution in [2.45, 2.75) is 19.9 Å². The van der Waals surface area contributed by atoms with E-state index in [1.807, 2.05) is 13.8 Å². The number of benzene rings is 1. The van der Waals surface area contributed by atoms with E-state index < -0.39 is 17.9 Å². The smallest absolute Gasteiger partial charge is 0.346 e. The van der Waals surface area contributed by atoms with Gasteiger partial charge in [0, 0.05) is 17.1 Å². The third kappa shape index (κ3) is 2.71. The van der Waals surface area contributed by atoms with Gasteiger partial charge in [-0.1, -0.05) is 25.4 Å². The molecule has 0 aromatic heterocycles. The second-order valence-electron chi connectivity index (χ2n) is 4.93. The van der Waals surface area contributed by atoms with E-state index >= 15 is 0 Å². The summed E-state index contributed by atoms with van der Waals surface area (Å²) in [5.41, 5.74) is 6.04. The molecule has 2 amide bonds. The molecule has 1 unspecified atom stereocenters. The van der Waals surface area contributed by atoms with Crippen molar-refractivity contribution >= 4 is 23.5 Å². The number of amidine groups is 1. The van der Waals surface area contributed by atoms with Gasteiger partial charge in [-0.3, -0.25) is 0 Å². The van der Waals surface area contributed by atoms with Crippen LogP contribution in [-0.2, 0) is 0 Å². The van der Waals surface area contributed by atoms with Gasteiger partial charge in [0.1, 0.15) is 17.7 Å². The fourth-order valence-electron chi connectivity index (χ4n) is 2.13. The van der Waals surface area contributed by atoms with Crippen molar-refractivity contribution in [2.24, 2.45) is 16.6 Å². The normalized spacial score (nSPS) is 19.2. The predicted octanol–water partition coefficient (Wildman–Crippen LogP) is 2.97. The Morgan fingerprint density at radius 3 is 2.84 bits per heavy atom. The Bertz CT molecular complexity index is 545. The lowest BCUT2D eigenvalue weighted by Crippen LogP contribution is -2.36. The number of halogens is 2. The van der Waals surface area contributed by atoms with Gasteiger partial charge in [-0.15, -0.1) is 0 Å². The molecule has 0 saturated carbocycles. The van der Waals surface area contributed by atoms with E-state index in [-0.39, 0.29) is 17.3 Å². The van der Waals surface area contributed by atoms with Crippen molar-refractivity contribution in [3.8, 4) is 0 Å². The molecule has 19 heavy (non-hydrogen) atoms. The van der Waals surface area contributed by atoms with E-state index in [2.05, 4.69) is 4.99 Å². The van der Waals surface area contributed by atoms with Gasteiger partial charge in [-0.2, -0.15) is 4.99 Å². The summed E-state index contributed by atoms with van der Waals surface area (Å²) in [6.45, 7) is 4.39. The number of nitrogens with two attached hydrogens (primary N) is 1. The van der Waals surface area contributed by atoms with Crippen LogP contribution in [0.3, 0.4) is 0 Å². The van der Waals surface area contributed by atoms with E-state index in [1.54, 1.807) is 0 Å². The number of aliphatic imine (C=N–C) groups is 1. The van der Waals surface area contributed by atoms with Crippen molar-refractivity contribution in [3.63, 3.8) is 0 Å². The second-order valence-corrected chi connectivity index (χ2v) is 5.37. The largest absolute Gasteiger partial charge is 0.385 e. The lowest BCUT2D eigenvalue weighted by molar-refractivity contribution is 0.198. The average Bonchev–Trinajstić information content (AvgIpc) is 2.57. The number of carbonyl (C=O) groups is 1. The first-order valence-electron chi connectivity index (χ1n) is 5.99. The fourth-order valence-corrected chi connectivity index (χ4v) is 2.31. The summed E-state index contributed by atoms with van der Waals surface area (Å²) in [5.74, 6) is -0.113. The number of amides is 2. The Balaban J connectivity index is 2.42. The molecule has 0 bridgehead atoms. The number of hydrogen-bond acceptors (Lipinski definition) is 2. The van der Waals surface area contributed by atoms with Crippen LogP contribution in [0.4, 0.5) is 9.18 Å². The van der Waals surface area contributed by atoms with Gasteiger partial charge in [0.25, 0.3) is 0 Å². The van der Waals surface area contributed by atoms with E-state index in [9.17, 15) is 9.18 Å². The number of carbonyl (C=O) groups excluding carboxylic acids is 1. The molecular weight excluding hydrogens is 269 g/mol. The second kappa shape index (κ2) is 5.17. The highest BCUT2D eigenvalue weighted by molar-refractivity contribution is 6.30. The molecule has 0 aliphatic carbocycles. The molecular formula is C13H15ClFN3O. The Morgan fingerprint density at radius 2 is 2.21 bits per heavy atom. The minimum Gasteiger partial charge on any atom is -0.385 e. The van der Waals surface area contributed by atoms with Gasteiger partial charge in [0.15, 0.2) is 0 Å². The first-order chi connectivity index (χ1) is 8.90. The third-order valence-corrected chi connectivity index (χ3v) is 3.11. The molecule has 1 heterocycles. The Labute approximate surface area is 116 Å². The van der Waals surface area contributed by atoms with Crippen LogP contribution in [0.5, 0.6) is 0 Å². The molecule has 1 aliphatic rings. The zero-order valence-electron chi connectivity index (χ0n) is 10.7. The van der Waals surface area contributed by atoms with E-state index in [0.717, 1.165) is 0 Å². The molecule has 6 heteroatoms. The SMILES string of the molecule is CC(C)CN1C(=O)N=C(N)C1c1cc(Cl)ccc1F. The van der Waals surface area contributed by atoms with Crippen LogP contribution < -0.4 is 5.73 Å². The van der Waals surface area contributed by atoms with Gasteiger partial charge in [-0.25, -0.2) is 9.18 Å². The van der Waals surface area contributed by atoms with Crippen LogP contribution >= 0.6 is 11.6 Å². The molecule has 1 aromatic rings. The number of urea groups is 1. The first-order valence-corrected chi connectivity index (χ1v) is 6.37. The molecule has 2 N–H and O–H groups in total. The third-order valence-electron chi connectivity index (χ3n) is 2.88. The molecule has 102 valence electrons. The van der Waals surface area contributed by atoms with Crippen LogP contribution in [0.2, 0.25) is 5.02 Å². The van der Waals surface area contributed by atoms with Crippen molar-refractivity contribution < 1.29 is 9.18 Å². The molecule has 2 rings (SSSR count).